The smallest absolute Gasteiger partial charge is 0.00695 e. The van der Waals surface area contributed by atoms with Crippen LogP contribution in [0.5, 0.6) is 0 Å². The molecule has 0 amide bonds. The summed E-state index contributed by atoms with van der Waals surface area (Å²) < 4.78 is 0. The summed E-state index contributed by atoms with van der Waals surface area (Å²) in [7, 11) is 0. The molecule has 0 N–H and O–H groups in total. The maximum absolute atomic E-state index is 4.61. The van der Waals surface area contributed by atoms with Crippen LogP contribution in [0.3, 0.4) is 0 Å². The Morgan fingerprint density at radius 2 is 0.692 bits per heavy atom. The molecule has 26 heavy (non-hydrogen) atoms. The zero-order valence-corrected chi connectivity index (χ0v) is 19.5. The molecular weight excluding hydrogens is 332 g/mol. The average Bonchev–Trinajstić information content (AvgIpc) is 2.66. The Kier molecular flexibility index (Phi) is 23.7. The van der Waals surface area contributed by atoms with Crippen LogP contribution in [0.15, 0.2) is 0 Å². The Morgan fingerprint density at radius 3 is 0.962 bits per heavy atom. The number of unbranched alkanes of at least 4 members (excludes halogenated alkanes) is 17. The van der Waals surface area contributed by atoms with Gasteiger partial charge < -0.3 is 0 Å². The van der Waals surface area contributed by atoms with Crippen molar-refractivity contribution in [3.63, 3.8) is 0 Å². The van der Waals surface area contributed by atoms with Gasteiger partial charge in [-0.1, -0.05) is 136 Å². The SMILES string of the molecule is CCCCCCCCCCCCC(CS)CCCCCCCCCCC. The second kappa shape index (κ2) is 23.4. The van der Waals surface area contributed by atoms with Gasteiger partial charge in [-0.3, -0.25) is 0 Å². The lowest BCUT2D eigenvalue weighted by molar-refractivity contribution is 0.436. The largest absolute Gasteiger partial charge is 0.179 e. The van der Waals surface area contributed by atoms with E-state index in [9.17, 15) is 0 Å². The summed E-state index contributed by atoms with van der Waals surface area (Å²) in [6.45, 7) is 4.60. The predicted octanol–water partition coefficient (Wildman–Crippen LogP) is 9.76. The normalized spacial score (nSPS) is 12.6. The quantitative estimate of drug-likeness (QED) is 0.139. The first-order chi connectivity index (χ1) is 12.8. The van der Waals surface area contributed by atoms with Crippen molar-refractivity contribution in [2.75, 3.05) is 5.75 Å². The molecule has 0 aliphatic carbocycles. The highest BCUT2D eigenvalue weighted by molar-refractivity contribution is 7.80. The molecule has 0 aromatic rings. The van der Waals surface area contributed by atoms with Crippen molar-refractivity contribution in [2.45, 2.75) is 149 Å². The van der Waals surface area contributed by atoms with E-state index >= 15 is 0 Å². The van der Waals surface area contributed by atoms with Crippen LogP contribution in [0.2, 0.25) is 0 Å². The van der Waals surface area contributed by atoms with E-state index in [-0.39, 0.29) is 0 Å². The fourth-order valence-corrected chi connectivity index (χ4v) is 4.36. The van der Waals surface area contributed by atoms with Crippen LogP contribution in [0, 0.1) is 5.92 Å². The van der Waals surface area contributed by atoms with Gasteiger partial charge in [-0.15, -0.1) is 0 Å². The fourth-order valence-electron chi connectivity index (χ4n) is 3.99. The van der Waals surface area contributed by atoms with Crippen LogP contribution in [0.25, 0.3) is 0 Å². The van der Waals surface area contributed by atoms with Gasteiger partial charge in [0.1, 0.15) is 0 Å². The van der Waals surface area contributed by atoms with Gasteiger partial charge in [0.25, 0.3) is 0 Å². The Balaban J connectivity index is 3.28. The van der Waals surface area contributed by atoms with Gasteiger partial charge in [-0.05, 0) is 24.5 Å². The van der Waals surface area contributed by atoms with Crippen molar-refractivity contribution in [1.29, 1.82) is 0 Å². The molecule has 0 aromatic carbocycles. The van der Waals surface area contributed by atoms with E-state index < -0.39 is 0 Å². The molecule has 0 saturated heterocycles. The van der Waals surface area contributed by atoms with Crippen LogP contribution in [-0.4, -0.2) is 5.75 Å². The number of thiol groups is 1. The summed E-state index contributed by atoms with van der Waals surface area (Å²) >= 11 is 4.61. The summed E-state index contributed by atoms with van der Waals surface area (Å²) in [5, 5.41) is 0. The van der Waals surface area contributed by atoms with Gasteiger partial charge in [0, 0.05) is 0 Å². The Labute approximate surface area is 173 Å². The van der Waals surface area contributed by atoms with Crippen LogP contribution >= 0.6 is 12.6 Å². The summed E-state index contributed by atoms with van der Waals surface area (Å²) in [6, 6.07) is 0. The van der Waals surface area contributed by atoms with E-state index in [1.54, 1.807) is 0 Å². The minimum Gasteiger partial charge on any atom is -0.179 e. The minimum atomic E-state index is 0.886. The summed E-state index contributed by atoms with van der Waals surface area (Å²) in [5.41, 5.74) is 0. The molecule has 0 spiro atoms. The van der Waals surface area contributed by atoms with Gasteiger partial charge >= 0.3 is 0 Å². The van der Waals surface area contributed by atoms with Crippen LogP contribution in [0.4, 0.5) is 0 Å². The molecule has 0 rings (SSSR count). The van der Waals surface area contributed by atoms with Crippen molar-refractivity contribution < 1.29 is 0 Å². The molecule has 0 fully saturated rings. The zero-order valence-electron chi connectivity index (χ0n) is 18.6. The molecule has 0 saturated carbocycles. The third kappa shape index (κ3) is 20.7. The first kappa shape index (κ1) is 26.4. The maximum Gasteiger partial charge on any atom is -0.00695 e. The van der Waals surface area contributed by atoms with Gasteiger partial charge in [0.15, 0.2) is 0 Å². The van der Waals surface area contributed by atoms with Gasteiger partial charge in [-0.2, -0.15) is 12.6 Å². The Hall–Kier alpha value is 0.350. The highest BCUT2D eigenvalue weighted by Gasteiger charge is 2.06. The third-order valence-corrected chi connectivity index (χ3v) is 6.46. The molecule has 1 atom stereocenters. The van der Waals surface area contributed by atoms with Crippen molar-refractivity contribution >= 4 is 12.6 Å². The third-order valence-electron chi connectivity index (χ3n) is 5.94. The van der Waals surface area contributed by atoms with E-state index in [0.29, 0.717) is 0 Å². The lowest BCUT2D eigenvalue weighted by atomic mass is 9.95. The molecule has 0 heterocycles. The van der Waals surface area contributed by atoms with Gasteiger partial charge in [0.2, 0.25) is 0 Å². The maximum atomic E-state index is 4.61. The highest BCUT2D eigenvalue weighted by atomic mass is 32.1. The summed E-state index contributed by atoms with van der Waals surface area (Å²) in [5.74, 6) is 1.99. The molecule has 0 bridgehead atoms. The number of hydrogen-bond donors (Lipinski definition) is 1. The van der Waals surface area contributed by atoms with Crippen LogP contribution in [0.1, 0.15) is 149 Å². The predicted molar refractivity (Wildman–Crippen MR) is 126 cm³/mol. The second-order valence-corrected chi connectivity index (χ2v) is 9.00. The molecule has 158 valence electrons. The van der Waals surface area contributed by atoms with E-state index in [0.717, 1.165) is 11.7 Å². The minimum absolute atomic E-state index is 0.886. The average molecular weight is 385 g/mol. The molecular formula is C25H52S. The molecule has 0 aliphatic heterocycles. The number of hydrogen-bond acceptors (Lipinski definition) is 1. The van der Waals surface area contributed by atoms with Crippen LogP contribution in [-0.2, 0) is 0 Å². The second-order valence-electron chi connectivity index (χ2n) is 8.64. The standard InChI is InChI=1S/C25H52S/c1-3-5-7-9-11-13-15-17-19-21-23-25(24-26)22-20-18-16-14-12-10-8-6-4-2/h25-26H,3-24H2,1-2H3. The first-order valence-electron chi connectivity index (χ1n) is 12.5. The molecule has 0 nitrogen and oxygen atoms in total. The lowest BCUT2D eigenvalue weighted by Crippen LogP contribution is -2.02. The Bertz CT molecular complexity index is 238. The molecule has 1 unspecified atom stereocenters. The Morgan fingerprint density at radius 1 is 0.423 bits per heavy atom. The monoisotopic (exact) mass is 384 g/mol. The van der Waals surface area contributed by atoms with Crippen molar-refractivity contribution in [1.82, 2.24) is 0 Å². The van der Waals surface area contributed by atoms with E-state index in [1.807, 2.05) is 0 Å². The summed E-state index contributed by atoms with van der Waals surface area (Å²) in [4.78, 5) is 0. The fraction of sp³-hybridized carbons (Fsp3) is 1.00. The van der Waals surface area contributed by atoms with E-state index in [4.69, 9.17) is 0 Å². The van der Waals surface area contributed by atoms with Crippen molar-refractivity contribution in [3.05, 3.63) is 0 Å². The van der Waals surface area contributed by atoms with Crippen molar-refractivity contribution in [3.8, 4) is 0 Å². The van der Waals surface area contributed by atoms with E-state index in [1.165, 1.54) is 135 Å². The molecule has 1 heteroatoms. The molecule has 0 radical (unpaired) electrons. The molecule has 0 aliphatic rings. The topological polar surface area (TPSA) is 0 Å². The lowest BCUT2D eigenvalue weighted by Gasteiger charge is -2.14. The summed E-state index contributed by atoms with van der Waals surface area (Å²) in [6.07, 6.45) is 30.4. The highest BCUT2D eigenvalue weighted by Crippen LogP contribution is 2.20. The van der Waals surface area contributed by atoms with Gasteiger partial charge in [0.05, 0.1) is 0 Å². The first-order valence-corrected chi connectivity index (χ1v) is 13.1. The number of rotatable bonds is 22. The van der Waals surface area contributed by atoms with Gasteiger partial charge in [-0.25, -0.2) is 0 Å². The van der Waals surface area contributed by atoms with Crippen LogP contribution < -0.4 is 0 Å². The zero-order chi connectivity index (χ0) is 19.1. The van der Waals surface area contributed by atoms with E-state index in [2.05, 4.69) is 26.5 Å². The van der Waals surface area contributed by atoms with Crippen molar-refractivity contribution in [2.24, 2.45) is 5.92 Å². The molecule has 0 aromatic heterocycles.